The molecule has 0 aliphatic heterocycles. The molecule has 0 fully saturated rings. The summed E-state index contributed by atoms with van der Waals surface area (Å²) in [6, 6.07) is 4.15. The van der Waals surface area contributed by atoms with Crippen LogP contribution in [0.2, 0.25) is 0 Å². The van der Waals surface area contributed by atoms with Crippen LogP contribution < -0.4 is 5.32 Å². The molecule has 2 rings (SSSR count). The molecule has 1 unspecified atom stereocenters. The second kappa shape index (κ2) is 7.14. The summed E-state index contributed by atoms with van der Waals surface area (Å²) in [4.78, 5) is 8.52. The lowest BCUT2D eigenvalue weighted by atomic mass is 10.0. The van der Waals surface area contributed by atoms with Crippen LogP contribution in [0.4, 0.5) is 0 Å². The first-order chi connectivity index (χ1) is 9.70. The second-order valence-electron chi connectivity index (χ2n) is 5.26. The molecule has 2 aromatic rings. The average Bonchev–Trinajstić information content (AvgIpc) is 2.92. The average molecular weight is 274 g/mol. The van der Waals surface area contributed by atoms with Crippen LogP contribution in [0.25, 0.3) is 11.4 Å². The van der Waals surface area contributed by atoms with E-state index in [0.29, 0.717) is 23.7 Å². The molecule has 0 amide bonds. The Morgan fingerprint density at radius 2 is 2.20 bits per heavy atom. The summed E-state index contributed by atoms with van der Waals surface area (Å²) in [7, 11) is 0. The van der Waals surface area contributed by atoms with Crippen molar-refractivity contribution in [3.05, 3.63) is 30.4 Å². The van der Waals surface area contributed by atoms with Crippen LogP contribution >= 0.6 is 0 Å². The van der Waals surface area contributed by atoms with Crippen molar-refractivity contribution in [1.82, 2.24) is 20.4 Å². The molecule has 0 aliphatic carbocycles. The van der Waals surface area contributed by atoms with Crippen molar-refractivity contribution in [2.45, 2.75) is 39.7 Å². The summed E-state index contributed by atoms with van der Waals surface area (Å²) in [6.45, 7) is 7.57. The summed E-state index contributed by atoms with van der Waals surface area (Å²) >= 11 is 0. The molecule has 0 aliphatic rings. The maximum absolute atomic E-state index is 5.35. The largest absolute Gasteiger partial charge is 0.339 e. The van der Waals surface area contributed by atoms with Crippen molar-refractivity contribution in [2.24, 2.45) is 5.92 Å². The van der Waals surface area contributed by atoms with Crippen LogP contribution in [0.5, 0.6) is 0 Å². The Bertz CT molecular complexity index is 510. The predicted molar refractivity (Wildman–Crippen MR) is 78.2 cm³/mol. The van der Waals surface area contributed by atoms with Gasteiger partial charge in [-0.3, -0.25) is 4.98 Å². The first-order valence-electron chi connectivity index (χ1n) is 7.17. The van der Waals surface area contributed by atoms with Crippen molar-refractivity contribution in [1.29, 1.82) is 0 Å². The predicted octanol–water partition coefficient (Wildman–Crippen LogP) is 2.70. The molecule has 0 saturated heterocycles. The van der Waals surface area contributed by atoms with E-state index < -0.39 is 0 Å². The number of rotatable bonds is 7. The summed E-state index contributed by atoms with van der Waals surface area (Å²) in [6.07, 6.45) is 5.34. The van der Waals surface area contributed by atoms with Crippen LogP contribution in [0.1, 0.15) is 33.1 Å². The standard InChI is InChI=1S/C15H22N4O/c1-4-7-17-13(11(2)3)9-14-18-15(19-20-14)12-6-5-8-16-10-12/h5-6,8,10-11,13,17H,4,7,9H2,1-3H3. The van der Waals surface area contributed by atoms with Crippen LogP contribution in [0.15, 0.2) is 29.0 Å². The number of nitrogens with one attached hydrogen (secondary N) is 1. The summed E-state index contributed by atoms with van der Waals surface area (Å²) in [5.74, 6) is 1.80. The number of nitrogens with zero attached hydrogens (tertiary/aromatic N) is 3. The van der Waals surface area contributed by atoms with Crippen molar-refractivity contribution in [2.75, 3.05) is 6.54 Å². The minimum atomic E-state index is 0.358. The highest BCUT2D eigenvalue weighted by atomic mass is 16.5. The van der Waals surface area contributed by atoms with Gasteiger partial charge in [0.1, 0.15) is 0 Å². The monoisotopic (exact) mass is 274 g/mol. The highest BCUT2D eigenvalue weighted by Gasteiger charge is 2.17. The molecule has 5 heteroatoms. The summed E-state index contributed by atoms with van der Waals surface area (Å²) < 4.78 is 5.35. The Morgan fingerprint density at radius 1 is 1.35 bits per heavy atom. The second-order valence-corrected chi connectivity index (χ2v) is 5.26. The number of hydrogen-bond acceptors (Lipinski definition) is 5. The van der Waals surface area contributed by atoms with Gasteiger partial charge in [0, 0.05) is 30.4 Å². The maximum atomic E-state index is 5.35. The molecule has 0 aromatic carbocycles. The van der Waals surface area contributed by atoms with E-state index in [-0.39, 0.29) is 0 Å². The Kier molecular flexibility index (Phi) is 5.24. The van der Waals surface area contributed by atoms with Gasteiger partial charge in [0.15, 0.2) is 0 Å². The molecule has 108 valence electrons. The van der Waals surface area contributed by atoms with E-state index in [9.17, 15) is 0 Å². The maximum Gasteiger partial charge on any atom is 0.228 e. The van der Waals surface area contributed by atoms with Gasteiger partial charge in [-0.1, -0.05) is 25.9 Å². The van der Waals surface area contributed by atoms with Crippen molar-refractivity contribution >= 4 is 0 Å². The topological polar surface area (TPSA) is 63.8 Å². The molecule has 0 spiro atoms. The zero-order valence-electron chi connectivity index (χ0n) is 12.3. The molecule has 0 radical (unpaired) electrons. The first-order valence-corrected chi connectivity index (χ1v) is 7.17. The fourth-order valence-electron chi connectivity index (χ4n) is 2.01. The SMILES string of the molecule is CCCNC(Cc1nc(-c2cccnc2)no1)C(C)C. The fourth-order valence-corrected chi connectivity index (χ4v) is 2.01. The molecule has 2 heterocycles. The van der Waals surface area contributed by atoms with E-state index in [1.807, 2.05) is 12.1 Å². The van der Waals surface area contributed by atoms with Crippen molar-refractivity contribution < 1.29 is 4.52 Å². The molecule has 0 bridgehead atoms. The summed E-state index contributed by atoms with van der Waals surface area (Å²) in [5, 5.41) is 7.55. The van der Waals surface area contributed by atoms with Gasteiger partial charge in [0.05, 0.1) is 0 Å². The minimum absolute atomic E-state index is 0.358. The zero-order chi connectivity index (χ0) is 14.4. The van der Waals surface area contributed by atoms with Crippen LogP contribution in [0.3, 0.4) is 0 Å². The van der Waals surface area contributed by atoms with E-state index in [4.69, 9.17) is 4.52 Å². The van der Waals surface area contributed by atoms with Crippen molar-refractivity contribution in [3.63, 3.8) is 0 Å². The minimum Gasteiger partial charge on any atom is -0.339 e. The normalized spacial score (nSPS) is 12.8. The van der Waals surface area contributed by atoms with Gasteiger partial charge >= 0.3 is 0 Å². The van der Waals surface area contributed by atoms with Gasteiger partial charge in [-0.25, -0.2) is 0 Å². The Morgan fingerprint density at radius 3 is 2.85 bits per heavy atom. The number of hydrogen-bond donors (Lipinski definition) is 1. The lowest BCUT2D eigenvalue weighted by Gasteiger charge is -2.20. The van der Waals surface area contributed by atoms with Crippen LogP contribution in [0, 0.1) is 5.92 Å². The molecule has 20 heavy (non-hydrogen) atoms. The molecule has 1 atom stereocenters. The third kappa shape index (κ3) is 3.87. The van der Waals surface area contributed by atoms with E-state index in [1.165, 1.54) is 0 Å². The smallest absolute Gasteiger partial charge is 0.228 e. The van der Waals surface area contributed by atoms with Gasteiger partial charge < -0.3 is 9.84 Å². The van der Waals surface area contributed by atoms with E-state index in [0.717, 1.165) is 24.9 Å². The van der Waals surface area contributed by atoms with Gasteiger partial charge in [-0.15, -0.1) is 0 Å². The van der Waals surface area contributed by atoms with Gasteiger partial charge in [-0.2, -0.15) is 4.98 Å². The molecule has 5 nitrogen and oxygen atoms in total. The van der Waals surface area contributed by atoms with Gasteiger partial charge in [0.25, 0.3) is 0 Å². The first kappa shape index (κ1) is 14.7. The lowest BCUT2D eigenvalue weighted by molar-refractivity contribution is 0.326. The highest BCUT2D eigenvalue weighted by Crippen LogP contribution is 2.15. The van der Waals surface area contributed by atoms with E-state index >= 15 is 0 Å². The summed E-state index contributed by atoms with van der Waals surface area (Å²) in [5.41, 5.74) is 0.880. The third-order valence-electron chi connectivity index (χ3n) is 3.24. The molecular weight excluding hydrogens is 252 g/mol. The Balaban J connectivity index is 2.04. The molecule has 1 N–H and O–H groups in total. The van der Waals surface area contributed by atoms with Gasteiger partial charge in [-0.05, 0) is 31.0 Å². The van der Waals surface area contributed by atoms with E-state index in [1.54, 1.807) is 12.4 Å². The number of pyridine rings is 1. The zero-order valence-corrected chi connectivity index (χ0v) is 12.3. The Labute approximate surface area is 119 Å². The lowest BCUT2D eigenvalue weighted by Crippen LogP contribution is -2.36. The van der Waals surface area contributed by atoms with Gasteiger partial charge in [0.2, 0.25) is 11.7 Å². The molecule has 2 aromatic heterocycles. The van der Waals surface area contributed by atoms with Crippen molar-refractivity contribution in [3.8, 4) is 11.4 Å². The van der Waals surface area contributed by atoms with Crippen LogP contribution in [-0.2, 0) is 6.42 Å². The Hall–Kier alpha value is -1.75. The quantitative estimate of drug-likeness (QED) is 0.841. The van der Waals surface area contributed by atoms with Crippen LogP contribution in [-0.4, -0.2) is 27.7 Å². The molecular formula is C15H22N4O. The highest BCUT2D eigenvalue weighted by molar-refractivity contribution is 5.51. The molecule has 0 saturated carbocycles. The number of aromatic nitrogens is 3. The van der Waals surface area contributed by atoms with E-state index in [2.05, 4.69) is 41.2 Å². The third-order valence-corrected chi connectivity index (χ3v) is 3.24. The fraction of sp³-hybridized carbons (Fsp3) is 0.533.